The van der Waals surface area contributed by atoms with Crippen molar-refractivity contribution in [2.45, 2.75) is 62.7 Å². The highest BCUT2D eigenvalue weighted by molar-refractivity contribution is 7.22. The Balaban J connectivity index is 1.02. The predicted octanol–water partition coefficient (Wildman–Crippen LogP) is 6.45. The minimum Gasteiger partial charge on any atom is -0.478 e. The Morgan fingerprint density at radius 1 is 1.14 bits per heavy atom. The number of carboxylic acids is 1. The van der Waals surface area contributed by atoms with Gasteiger partial charge in [-0.25, -0.2) is 14.5 Å². The molecule has 2 aromatic heterocycles. The first-order chi connectivity index (χ1) is 20.4. The molecule has 4 aliphatic rings. The van der Waals surface area contributed by atoms with Crippen LogP contribution in [-0.4, -0.2) is 63.0 Å². The summed E-state index contributed by atoms with van der Waals surface area (Å²) < 4.78 is 14.9. The largest absolute Gasteiger partial charge is 0.478 e. The number of aromatic nitrogens is 4. The third-order valence-electron chi connectivity index (χ3n) is 9.19. The van der Waals surface area contributed by atoms with E-state index >= 15 is 0 Å². The summed E-state index contributed by atoms with van der Waals surface area (Å²) in [5.41, 5.74) is 4.77. The number of hydrogen-bond acceptors (Lipinski definition) is 8. The molecule has 0 radical (unpaired) electrons. The monoisotopic (exact) mass is 625 g/mol. The Morgan fingerprint density at radius 2 is 1.98 bits per heavy atom. The molecule has 2 saturated heterocycles. The van der Waals surface area contributed by atoms with Crippen molar-refractivity contribution in [1.82, 2.24) is 20.0 Å². The van der Waals surface area contributed by atoms with Gasteiger partial charge in [0.2, 0.25) is 0 Å². The van der Waals surface area contributed by atoms with Crippen LogP contribution in [0.25, 0.3) is 15.9 Å². The highest BCUT2D eigenvalue weighted by atomic mass is 35.5. The quantitative estimate of drug-likeness (QED) is 0.238. The number of thiazole rings is 1. The summed E-state index contributed by atoms with van der Waals surface area (Å²) in [5, 5.41) is 20.7. The van der Waals surface area contributed by atoms with Gasteiger partial charge in [0.25, 0.3) is 0 Å². The molecule has 218 valence electrons. The third kappa shape index (κ3) is 4.59. The fourth-order valence-corrected chi connectivity index (χ4v) is 8.58. The van der Waals surface area contributed by atoms with Crippen LogP contribution in [0.4, 0.5) is 5.13 Å². The lowest BCUT2D eigenvalue weighted by atomic mass is 9.95. The Kier molecular flexibility index (Phi) is 6.68. The summed E-state index contributed by atoms with van der Waals surface area (Å²) >= 11 is 14.7. The van der Waals surface area contributed by atoms with E-state index < -0.39 is 5.97 Å². The molecule has 4 heterocycles. The van der Waals surface area contributed by atoms with Gasteiger partial charge in [-0.3, -0.25) is 0 Å². The number of nitrogens with zero attached hydrogens (tertiary/aromatic N) is 5. The first kappa shape index (κ1) is 26.8. The molecule has 2 saturated carbocycles. The molecule has 8 rings (SSSR count). The van der Waals surface area contributed by atoms with E-state index in [1.807, 2.05) is 18.2 Å². The van der Waals surface area contributed by atoms with Crippen molar-refractivity contribution in [1.29, 1.82) is 0 Å². The van der Waals surface area contributed by atoms with Gasteiger partial charge in [0.15, 0.2) is 5.13 Å². The molecule has 0 spiro atoms. The first-order valence-corrected chi connectivity index (χ1v) is 16.0. The second-order valence-corrected chi connectivity index (χ2v) is 13.7. The summed E-state index contributed by atoms with van der Waals surface area (Å²) in [6, 6.07) is 9.33. The summed E-state index contributed by atoms with van der Waals surface area (Å²) in [7, 11) is 0. The van der Waals surface area contributed by atoms with Gasteiger partial charge in [0.05, 0.1) is 56.5 Å². The van der Waals surface area contributed by atoms with Crippen molar-refractivity contribution < 1.29 is 19.4 Å². The summed E-state index contributed by atoms with van der Waals surface area (Å²) in [4.78, 5) is 19.3. The normalized spacial score (nSPS) is 25.2. The molecule has 9 nitrogen and oxygen atoms in total. The van der Waals surface area contributed by atoms with Gasteiger partial charge in [-0.1, -0.05) is 45.8 Å². The highest BCUT2D eigenvalue weighted by Gasteiger charge is 2.46. The molecule has 42 heavy (non-hydrogen) atoms. The smallest absolute Gasteiger partial charge is 0.335 e. The van der Waals surface area contributed by atoms with Gasteiger partial charge < -0.3 is 19.5 Å². The molecule has 1 N–H and O–H groups in total. The Bertz CT molecular complexity index is 1680. The molecule has 2 bridgehead atoms. The highest BCUT2D eigenvalue weighted by Crippen LogP contribution is 2.46. The Hall–Kier alpha value is -2.76. The van der Waals surface area contributed by atoms with Crippen LogP contribution in [0, 0.1) is 5.92 Å². The molecule has 2 aliphatic heterocycles. The molecular formula is C30H29Cl2N5O4S. The molecule has 4 fully saturated rings. The molecule has 2 aliphatic carbocycles. The standard InChI is InChI=1S/C30H29Cl2N5O4S/c31-21-2-1-3-22(32)28(21)37-23(26(34-35-37)15-4-5-15)14-41-24-11-19-8-18(24)12-36(19)30-33-27-20(16-6-7-40-13-16)9-17(29(38)39)10-25(27)42-30/h1-3,9-10,15-16,18-19,24H,4-8,11-14H2,(H,38,39)/t16-,18-,19-,24+/m0/s1. The van der Waals surface area contributed by atoms with Gasteiger partial charge in [-0.2, -0.15) is 0 Å². The van der Waals surface area contributed by atoms with Crippen molar-refractivity contribution in [2.75, 3.05) is 24.7 Å². The van der Waals surface area contributed by atoms with Crippen LogP contribution in [-0.2, 0) is 16.1 Å². The number of fused-ring (bicyclic) bond motifs is 3. The number of benzene rings is 2. The lowest BCUT2D eigenvalue weighted by Gasteiger charge is -2.31. The zero-order valence-electron chi connectivity index (χ0n) is 22.7. The van der Waals surface area contributed by atoms with Crippen LogP contribution in [0.1, 0.15) is 71.2 Å². The van der Waals surface area contributed by atoms with Crippen molar-refractivity contribution in [3.05, 3.63) is 62.9 Å². The van der Waals surface area contributed by atoms with Crippen LogP contribution in [0.3, 0.4) is 0 Å². The number of carboxylic acid groups (broad SMARTS) is 1. The van der Waals surface area contributed by atoms with E-state index in [4.69, 9.17) is 37.7 Å². The van der Waals surface area contributed by atoms with Gasteiger partial charge in [-0.05, 0) is 61.9 Å². The van der Waals surface area contributed by atoms with Crippen LogP contribution >= 0.6 is 34.5 Å². The minimum absolute atomic E-state index is 0.127. The van der Waals surface area contributed by atoms with Crippen LogP contribution in [0.5, 0.6) is 0 Å². The number of hydrogen-bond donors (Lipinski definition) is 1. The van der Waals surface area contributed by atoms with E-state index in [1.165, 1.54) is 0 Å². The summed E-state index contributed by atoms with van der Waals surface area (Å²) in [5.74, 6) is 0.0662. The molecule has 4 atom stereocenters. The maximum atomic E-state index is 11.9. The number of rotatable bonds is 8. The van der Waals surface area contributed by atoms with Crippen molar-refractivity contribution >= 4 is 55.9 Å². The SMILES string of the molecule is O=C(O)c1cc([C@H]2CCOC2)c2nc(N3C[C@@H]4C[C@H]3C[C@H]4OCc3c(C4CC4)nnn3-c3c(Cl)cccc3Cl)sc2c1. The second kappa shape index (κ2) is 10.4. The Morgan fingerprint density at radius 3 is 2.67 bits per heavy atom. The van der Waals surface area contributed by atoms with E-state index in [2.05, 4.69) is 15.2 Å². The van der Waals surface area contributed by atoms with Crippen LogP contribution in [0.15, 0.2) is 30.3 Å². The third-order valence-corrected chi connectivity index (χ3v) is 10.8. The number of aromatic carboxylic acids is 1. The van der Waals surface area contributed by atoms with Crippen molar-refractivity contribution in [3.8, 4) is 5.69 Å². The van der Waals surface area contributed by atoms with Gasteiger partial charge in [-0.15, -0.1) is 5.10 Å². The number of ether oxygens (including phenoxy) is 2. The summed E-state index contributed by atoms with van der Waals surface area (Å²) in [6.07, 6.45) is 5.19. The summed E-state index contributed by atoms with van der Waals surface area (Å²) in [6.45, 7) is 2.58. The molecule has 2 aromatic carbocycles. The Labute approximate surface area is 256 Å². The lowest BCUT2D eigenvalue weighted by Crippen LogP contribution is -2.38. The zero-order valence-corrected chi connectivity index (χ0v) is 25.0. The van der Waals surface area contributed by atoms with E-state index in [0.717, 1.165) is 70.9 Å². The van der Waals surface area contributed by atoms with Gasteiger partial charge in [0.1, 0.15) is 5.69 Å². The van der Waals surface area contributed by atoms with E-state index in [1.54, 1.807) is 28.2 Å². The number of halogens is 2. The molecular weight excluding hydrogens is 597 g/mol. The fourth-order valence-electron chi connectivity index (χ4n) is 6.91. The van der Waals surface area contributed by atoms with Gasteiger partial charge in [0, 0.05) is 36.9 Å². The lowest BCUT2D eigenvalue weighted by molar-refractivity contribution is 0.00991. The number of carbonyl (C=O) groups is 1. The first-order valence-electron chi connectivity index (χ1n) is 14.5. The van der Waals surface area contributed by atoms with E-state index in [-0.39, 0.29) is 12.0 Å². The maximum Gasteiger partial charge on any atom is 0.335 e. The van der Waals surface area contributed by atoms with Gasteiger partial charge >= 0.3 is 5.97 Å². The number of anilines is 1. The fraction of sp³-hybridized carbons (Fsp3) is 0.467. The van der Waals surface area contributed by atoms with Crippen LogP contribution in [0.2, 0.25) is 10.0 Å². The van der Waals surface area contributed by atoms with E-state index in [0.29, 0.717) is 59.0 Å². The average molecular weight is 627 g/mol. The number of piperidine rings is 1. The maximum absolute atomic E-state index is 11.9. The predicted molar refractivity (Wildman–Crippen MR) is 161 cm³/mol. The molecule has 0 amide bonds. The zero-order chi connectivity index (χ0) is 28.5. The molecule has 4 aromatic rings. The van der Waals surface area contributed by atoms with Crippen molar-refractivity contribution in [3.63, 3.8) is 0 Å². The van der Waals surface area contributed by atoms with E-state index in [9.17, 15) is 9.90 Å². The van der Waals surface area contributed by atoms with Crippen LogP contribution < -0.4 is 4.90 Å². The molecule has 0 unspecified atom stereocenters. The average Bonchev–Trinajstić information content (AvgIpc) is 3.49. The second-order valence-electron chi connectivity index (χ2n) is 11.8. The van der Waals surface area contributed by atoms with Crippen molar-refractivity contribution in [2.24, 2.45) is 5.92 Å². The minimum atomic E-state index is -0.912. The molecule has 12 heteroatoms. The number of para-hydroxylation sites is 1. The topological polar surface area (TPSA) is 103 Å².